The van der Waals surface area contributed by atoms with Gasteiger partial charge in [0.2, 0.25) is 5.91 Å². The molecular formula is C10H10ClN3OS. The fourth-order valence-corrected chi connectivity index (χ4v) is 2.09. The number of H-pyrrole nitrogens is 1. The molecule has 1 amide bonds. The van der Waals surface area contributed by atoms with Crippen molar-refractivity contribution in [1.82, 2.24) is 14.9 Å². The number of aromatic amines is 1. The van der Waals surface area contributed by atoms with E-state index >= 15 is 0 Å². The zero-order valence-corrected chi connectivity index (χ0v) is 10.2. The van der Waals surface area contributed by atoms with E-state index in [1.807, 2.05) is 12.1 Å². The Hall–Kier alpha value is -1.33. The Kier molecular flexibility index (Phi) is 2.98. The van der Waals surface area contributed by atoms with E-state index in [1.54, 1.807) is 17.7 Å². The van der Waals surface area contributed by atoms with E-state index in [0.717, 1.165) is 11.0 Å². The first-order chi connectivity index (χ1) is 7.63. The summed E-state index contributed by atoms with van der Waals surface area (Å²) < 4.78 is 2.18. The Morgan fingerprint density at radius 1 is 1.62 bits per heavy atom. The molecule has 0 saturated heterocycles. The van der Waals surface area contributed by atoms with Crippen LogP contribution in [0.3, 0.4) is 0 Å². The molecule has 0 aliphatic rings. The second kappa shape index (κ2) is 4.27. The maximum atomic E-state index is 11.4. The number of para-hydroxylation sites is 1. The molecule has 84 valence electrons. The molecule has 1 aromatic heterocycles. The van der Waals surface area contributed by atoms with Crippen LogP contribution in [0.1, 0.15) is 0 Å². The number of halogens is 1. The molecular weight excluding hydrogens is 246 g/mol. The van der Waals surface area contributed by atoms with Crippen molar-refractivity contribution in [2.45, 2.75) is 6.54 Å². The lowest BCUT2D eigenvalue weighted by molar-refractivity contribution is -0.121. The lowest BCUT2D eigenvalue weighted by atomic mass is 10.3. The molecule has 0 aliphatic carbocycles. The summed E-state index contributed by atoms with van der Waals surface area (Å²) in [5.74, 6) is -0.114. The molecule has 0 bridgehead atoms. The number of fused-ring (bicyclic) bond motifs is 1. The van der Waals surface area contributed by atoms with Gasteiger partial charge in [-0.3, -0.25) is 4.79 Å². The number of amides is 1. The highest BCUT2D eigenvalue weighted by Gasteiger charge is 2.10. The first-order valence-electron chi connectivity index (χ1n) is 4.71. The van der Waals surface area contributed by atoms with Gasteiger partial charge in [0.15, 0.2) is 4.77 Å². The summed E-state index contributed by atoms with van der Waals surface area (Å²) in [6, 6.07) is 5.48. The highest BCUT2D eigenvalue weighted by molar-refractivity contribution is 7.71. The SMILES string of the molecule is CNC(=O)Cn1c(=S)[nH]c2cccc(Cl)c21. The van der Waals surface area contributed by atoms with Gasteiger partial charge in [-0.2, -0.15) is 0 Å². The minimum atomic E-state index is -0.114. The lowest BCUT2D eigenvalue weighted by Crippen LogP contribution is -2.23. The summed E-state index contributed by atoms with van der Waals surface area (Å²) in [5.41, 5.74) is 1.60. The molecule has 2 aromatic rings. The van der Waals surface area contributed by atoms with Crippen LogP contribution in [0.25, 0.3) is 11.0 Å². The van der Waals surface area contributed by atoms with Crippen molar-refractivity contribution in [2.75, 3.05) is 7.05 Å². The van der Waals surface area contributed by atoms with Crippen LogP contribution >= 0.6 is 23.8 Å². The van der Waals surface area contributed by atoms with Gasteiger partial charge in [0, 0.05) is 7.05 Å². The molecule has 16 heavy (non-hydrogen) atoms. The van der Waals surface area contributed by atoms with Gasteiger partial charge in [-0.05, 0) is 24.4 Å². The second-order valence-electron chi connectivity index (χ2n) is 3.33. The minimum Gasteiger partial charge on any atom is -0.358 e. The number of aromatic nitrogens is 2. The molecule has 0 spiro atoms. The van der Waals surface area contributed by atoms with Crippen molar-refractivity contribution < 1.29 is 4.79 Å². The monoisotopic (exact) mass is 255 g/mol. The summed E-state index contributed by atoms with van der Waals surface area (Å²) in [6.07, 6.45) is 0. The first kappa shape index (κ1) is 11.2. The molecule has 6 heteroatoms. The van der Waals surface area contributed by atoms with Crippen LogP contribution in [0.4, 0.5) is 0 Å². The van der Waals surface area contributed by atoms with Crippen molar-refractivity contribution in [3.8, 4) is 0 Å². The number of benzene rings is 1. The molecule has 0 saturated carbocycles. The summed E-state index contributed by atoms with van der Waals surface area (Å²) in [6.45, 7) is 0.166. The molecule has 0 unspecified atom stereocenters. The highest BCUT2D eigenvalue weighted by Crippen LogP contribution is 2.22. The Labute approximate surface area is 102 Å². The normalized spacial score (nSPS) is 10.6. The second-order valence-corrected chi connectivity index (χ2v) is 4.12. The lowest BCUT2D eigenvalue weighted by Gasteiger charge is -2.04. The number of nitrogens with zero attached hydrogens (tertiary/aromatic N) is 1. The van der Waals surface area contributed by atoms with Gasteiger partial charge in [0.1, 0.15) is 6.54 Å². The average Bonchev–Trinajstić information content (AvgIpc) is 2.56. The van der Waals surface area contributed by atoms with Crippen LogP contribution in [0.5, 0.6) is 0 Å². The van der Waals surface area contributed by atoms with Gasteiger partial charge in [0.25, 0.3) is 0 Å². The van der Waals surface area contributed by atoms with Crippen LogP contribution < -0.4 is 5.32 Å². The smallest absolute Gasteiger partial charge is 0.239 e. The van der Waals surface area contributed by atoms with Crippen LogP contribution in [-0.2, 0) is 11.3 Å². The summed E-state index contributed by atoms with van der Waals surface area (Å²) in [7, 11) is 1.59. The number of carbonyl (C=O) groups is 1. The summed E-state index contributed by atoms with van der Waals surface area (Å²) >= 11 is 11.2. The molecule has 1 heterocycles. The van der Waals surface area contributed by atoms with E-state index in [9.17, 15) is 4.79 Å². The Morgan fingerprint density at radius 3 is 3.06 bits per heavy atom. The van der Waals surface area contributed by atoms with Crippen LogP contribution in [-0.4, -0.2) is 22.5 Å². The first-order valence-corrected chi connectivity index (χ1v) is 5.49. The maximum absolute atomic E-state index is 11.4. The van der Waals surface area contributed by atoms with Gasteiger partial charge >= 0.3 is 0 Å². The third kappa shape index (κ3) is 1.83. The van der Waals surface area contributed by atoms with Gasteiger partial charge in [0.05, 0.1) is 16.1 Å². The largest absolute Gasteiger partial charge is 0.358 e. The van der Waals surface area contributed by atoms with Crippen LogP contribution in [0, 0.1) is 4.77 Å². The number of rotatable bonds is 2. The van der Waals surface area contributed by atoms with E-state index in [2.05, 4.69) is 10.3 Å². The maximum Gasteiger partial charge on any atom is 0.239 e. The van der Waals surface area contributed by atoms with Crippen molar-refractivity contribution >= 4 is 40.8 Å². The summed E-state index contributed by atoms with van der Waals surface area (Å²) in [4.78, 5) is 14.4. The minimum absolute atomic E-state index is 0.114. The fourth-order valence-electron chi connectivity index (χ4n) is 1.55. The highest BCUT2D eigenvalue weighted by atomic mass is 35.5. The molecule has 0 aliphatic heterocycles. The third-order valence-electron chi connectivity index (χ3n) is 2.32. The molecule has 0 radical (unpaired) electrons. The Morgan fingerprint density at radius 2 is 2.38 bits per heavy atom. The predicted octanol–water partition coefficient (Wildman–Crippen LogP) is 2.10. The number of likely N-dealkylation sites (N-methyl/N-ethyl adjacent to an activating group) is 1. The van der Waals surface area contributed by atoms with E-state index in [-0.39, 0.29) is 12.5 Å². The molecule has 0 atom stereocenters. The number of imidazole rings is 1. The molecule has 2 rings (SSSR count). The third-order valence-corrected chi connectivity index (χ3v) is 2.95. The van der Waals surface area contributed by atoms with E-state index in [1.165, 1.54) is 0 Å². The average molecular weight is 256 g/mol. The quantitative estimate of drug-likeness (QED) is 0.808. The molecule has 1 aromatic carbocycles. The zero-order valence-electron chi connectivity index (χ0n) is 8.58. The van der Waals surface area contributed by atoms with Gasteiger partial charge in [-0.25, -0.2) is 0 Å². The Bertz CT molecular complexity index is 602. The van der Waals surface area contributed by atoms with Crippen molar-refractivity contribution in [2.24, 2.45) is 0 Å². The van der Waals surface area contributed by atoms with Gasteiger partial charge in [-0.1, -0.05) is 17.7 Å². The van der Waals surface area contributed by atoms with Crippen molar-refractivity contribution in [3.63, 3.8) is 0 Å². The topological polar surface area (TPSA) is 49.8 Å². The zero-order chi connectivity index (χ0) is 11.7. The standard InChI is InChI=1S/C10H10ClN3OS/c1-12-8(15)5-14-9-6(11)3-2-4-7(9)13-10(14)16/h2-4H,5H2,1H3,(H,12,15)(H,13,16). The van der Waals surface area contributed by atoms with Gasteiger partial charge < -0.3 is 14.9 Å². The van der Waals surface area contributed by atoms with Crippen molar-refractivity contribution in [1.29, 1.82) is 0 Å². The number of nitrogens with one attached hydrogen (secondary N) is 2. The number of hydrogen-bond donors (Lipinski definition) is 2. The Balaban J connectivity index is 2.64. The number of hydrogen-bond acceptors (Lipinski definition) is 2. The van der Waals surface area contributed by atoms with Crippen LogP contribution in [0.15, 0.2) is 18.2 Å². The van der Waals surface area contributed by atoms with Crippen molar-refractivity contribution in [3.05, 3.63) is 28.0 Å². The fraction of sp³-hybridized carbons (Fsp3) is 0.200. The predicted molar refractivity (Wildman–Crippen MR) is 66.2 cm³/mol. The van der Waals surface area contributed by atoms with Gasteiger partial charge in [-0.15, -0.1) is 0 Å². The molecule has 2 N–H and O–H groups in total. The number of carbonyl (C=O) groups excluding carboxylic acids is 1. The summed E-state index contributed by atoms with van der Waals surface area (Å²) in [5, 5.41) is 3.13. The van der Waals surface area contributed by atoms with E-state index in [0.29, 0.717) is 9.79 Å². The molecule has 4 nitrogen and oxygen atoms in total. The van der Waals surface area contributed by atoms with Crippen LogP contribution in [0.2, 0.25) is 5.02 Å². The molecule has 0 fully saturated rings. The van der Waals surface area contributed by atoms with E-state index < -0.39 is 0 Å². The van der Waals surface area contributed by atoms with E-state index in [4.69, 9.17) is 23.8 Å².